The Morgan fingerprint density at radius 1 is 1.25 bits per heavy atom. The quantitative estimate of drug-likeness (QED) is 0.535. The predicted molar refractivity (Wildman–Crippen MR) is 73.1 cm³/mol. The number of rotatable bonds is 6. The maximum absolute atomic E-state index is 11.2. The fourth-order valence-electron chi connectivity index (χ4n) is 1.91. The Morgan fingerprint density at radius 3 is 2.55 bits per heavy atom. The summed E-state index contributed by atoms with van der Waals surface area (Å²) in [6.07, 6.45) is 1.32. The second kappa shape index (κ2) is 6.16. The van der Waals surface area contributed by atoms with Gasteiger partial charge in [-0.1, -0.05) is 17.3 Å². The Balaban J connectivity index is 2.38. The van der Waals surface area contributed by atoms with Gasteiger partial charge in [-0.15, -0.1) is 5.10 Å². The molecule has 0 radical (unpaired) electrons. The molecule has 2 rings (SSSR count). The van der Waals surface area contributed by atoms with Crippen LogP contribution in [0.5, 0.6) is 0 Å². The topological polar surface area (TPSA) is 114 Å². The molecular weight excluding hydrogens is 260 g/mol. The molecule has 1 aromatic carbocycles. The highest BCUT2D eigenvalue weighted by Gasteiger charge is 2.20. The molecule has 1 aromatic heterocycles. The van der Waals surface area contributed by atoms with E-state index in [-0.39, 0.29) is 12.3 Å². The summed E-state index contributed by atoms with van der Waals surface area (Å²) in [6.45, 7) is 0.595. The molecule has 4 N–H and O–H groups in total. The lowest BCUT2D eigenvalue weighted by atomic mass is 10.1. The second-order valence-corrected chi connectivity index (χ2v) is 4.37. The fourth-order valence-corrected chi connectivity index (χ4v) is 1.91. The lowest BCUT2D eigenvalue weighted by Gasteiger charge is -2.07. The van der Waals surface area contributed by atoms with Crippen LogP contribution >= 0.6 is 0 Å². The zero-order valence-electron chi connectivity index (χ0n) is 10.9. The minimum atomic E-state index is -1.12. The standard InChI is InChI=1S/C13H16N4O3/c14-10-5-3-9(4-6-10)12-11(13(19)20)15-16-17(12)7-1-2-8-18/h3-6,18H,1-2,7-8,14H2,(H,19,20). The summed E-state index contributed by atoms with van der Waals surface area (Å²) in [6, 6.07) is 6.88. The third-order valence-corrected chi connectivity index (χ3v) is 2.90. The number of hydrogen-bond acceptors (Lipinski definition) is 5. The van der Waals surface area contributed by atoms with Crippen LogP contribution in [0, 0.1) is 0 Å². The van der Waals surface area contributed by atoms with Crippen molar-refractivity contribution in [1.29, 1.82) is 0 Å². The van der Waals surface area contributed by atoms with Crippen molar-refractivity contribution in [3.8, 4) is 11.3 Å². The smallest absolute Gasteiger partial charge is 0.358 e. The van der Waals surface area contributed by atoms with E-state index in [1.807, 2.05) is 0 Å². The van der Waals surface area contributed by atoms with Gasteiger partial charge in [0.1, 0.15) is 5.69 Å². The highest BCUT2D eigenvalue weighted by atomic mass is 16.4. The number of nitrogens with two attached hydrogens (primary N) is 1. The molecule has 7 heteroatoms. The Labute approximate surface area is 115 Å². The van der Waals surface area contributed by atoms with E-state index in [9.17, 15) is 9.90 Å². The Bertz CT molecular complexity index is 592. The van der Waals surface area contributed by atoms with Gasteiger partial charge in [-0.3, -0.25) is 0 Å². The summed E-state index contributed by atoms with van der Waals surface area (Å²) >= 11 is 0. The normalized spacial score (nSPS) is 10.7. The fraction of sp³-hybridized carbons (Fsp3) is 0.308. The van der Waals surface area contributed by atoms with Crippen LogP contribution in [-0.4, -0.2) is 37.8 Å². The first-order valence-corrected chi connectivity index (χ1v) is 6.27. The SMILES string of the molecule is Nc1ccc(-c2c(C(=O)O)nnn2CCCCO)cc1. The molecule has 0 saturated carbocycles. The summed E-state index contributed by atoms with van der Waals surface area (Å²) in [5.41, 5.74) is 7.30. The van der Waals surface area contributed by atoms with Crippen LogP contribution in [0.3, 0.4) is 0 Å². The third kappa shape index (κ3) is 2.94. The van der Waals surface area contributed by atoms with Gasteiger partial charge in [0.05, 0.1) is 0 Å². The van der Waals surface area contributed by atoms with E-state index >= 15 is 0 Å². The number of aromatic carboxylic acids is 1. The van der Waals surface area contributed by atoms with E-state index in [4.69, 9.17) is 10.8 Å². The van der Waals surface area contributed by atoms with E-state index in [1.54, 1.807) is 28.9 Å². The van der Waals surface area contributed by atoms with Gasteiger partial charge in [-0.25, -0.2) is 9.48 Å². The van der Waals surface area contributed by atoms with Crippen LogP contribution in [0.2, 0.25) is 0 Å². The number of hydrogen-bond donors (Lipinski definition) is 3. The monoisotopic (exact) mass is 276 g/mol. The summed E-state index contributed by atoms with van der Waals surface area (Å²) in [5, 5.41) is 25.6. The molecule has 7 nitrogen and oxygen atoms in total. The van der Waals surface area contributed by atoms with Gasteiger partial charge in [0, 0.05) is 24.4 Å². The number of aliphatic hydroxyl groups excluding tert-OH is 1. The van der Waals surface area contributed by atoms with Gasteiger partial charge in [-0.05, 0) is 25.0 Å². The van der Waals surface area contributed by atoms with Crippen molar-refractivity contribution in [2.75, 3.05) is 12.3 Å². The number of carbonyl (C=O) groups is 1. The molecule has 20 heavy (non-hydrogen) atoms. The molecule has 106 valence electrons. The van der Waals surface area contributed by atoms with Crippen LogP contribution in [0.15, 0.2) is 24.3 Å². The van der Waals surface area contributed by atoms with Gasteiger partial charge in [0.2, 0.25) is 0 Å². The van der Waals surface area contributed by atoms with Crippen LogP contribution in [-0.2, 0) is 6.54 Å². The summed E-state index contributed by atoms with van der Waals surface area (Å²) in [4.78, 5) is 11.2. The zero-order chi connectivity index (χ0) is 14.5. The summed E-state index contributed by atoms with van der Waals surface area (Å²) < 4.78 is 1.55. The van der Waals surface area contributed by atoms with E-state index in [0.29, 0.717) is 36.3 Å². The van der Waals surface area contributed by atoms with Crippen LogP contribution in [0.4, 0.5) is 5.69 Å². The average molecular weight is 276 g/mol. The Kier molecular flexibility index (Phi) is 4.31. The van der Waals surface area contributed by atoms with Crippen LogP contribution in [0.25, 0.3) is 11.3 Å². The Hall–Kier alpha value is -2.41. The first-order valence-electron chi connectivity index (χ1n) is 6.27. The molecular formula is C13H16N4O3. The first kappa shape index (κ1) is 14.0. The number of carboxylic acid groups (broad SMARTS) is 1. The molecule has 1 heterocycles. The molecule has 0 unspecified atom stereocenters. The molecule has 0 saturated heterocycles. The number of benzene rings is 1. The summed E-state index contributed by atoms with van der Waals surface area (Å²) in [7, 11) is 0. The number of carboxylic acids is 1. The van der Waals surface area contributed by atoms with Gasteiger partial charge in [-0.2, -0.15) is 0 Å². The number of aliphatic hydroxyl groups is 1. The van der Waals surface area contributed by atoms with Crippen molar-refractivity contribution in [1.82, 2.24) is 15.0 Å². The van der Waals surface area contributed by atoms with Gasteiger partial charge in [0.15, 0.2) is 5.69 Å². The number of nitrogen functional groups attached to an aromatic ring is 1. The van der Waals surface area contributed by atoms with Gasteiger partial charge >= 0.3 is 5.97 Å². The van der Waals surface area contributed by atoms with Crippen molar-refractivity contribution >= 4 is 11.7 Å². The van der Waals surface area contributed by atoms with Crippen molar-refractivity contribution in [3.63, 3.8) is 0 Å². The predicted octanol–water partition coefficient (Wildman–Crippen LogP) is 0.998. The van der Waals surface area contributed by atoms with Crippen molar-refractivity contribution in [2.24, 2.45) is 0 Å². The number of aryl methyl sites for hydroxylation is 1. The van der Waals surface area contributed by atoms with E-state index < -0.39 is 5.97 Å². The molecule has 0 aliphatic carbocycles. The molecule has 0 aliphatic heterocycles. The van der Waals surface area contributed by atoms with Crippen molar-refractivity contribution < 1.29 is 15.0 Å². The third-order valence-electron chi connectivity index (χ3n) is 2.90. The highest BCUT2D eigenvalue weighted by molar-refractivity contribution is 5.92. The van der Waals surface area contributed by atoms with Gasteiger partial charge < -0.3 is 15.9 Å². The number of aromatic nitrogens is 3. The maximum Gasteiger partial charge on any atom is 0.358 e. The molecule has 0 aliphatic rings. The van der Waals surface area contributed by atoms with E-state index in [1.165, 1.54) is 0 Å². The number of unbranched alkanes of at least 4 members (excludes halogenated alkanes) is 1. The minimum absolute atomic E-state index is 0.0845. The number of nitrogens with zero attached hydrogens (tertiary/aromatic N) is 3. The second-order valence-electron chi connectivity index (χ2n) is 4.37. The maximum atomic E-state index is 11.2. The summed E-state index contributed by atoms with van der Waals surface area (Å²) in [5.74, 6) is -1.12. The van der Waals surface area contributed by atoms with Crippen molar-refractivity contribution in [3.05, 3.63) is 30.0 Å². The number of anilines is 1. The highest BCUT2D eigenvalue weighted by Crippen LogP contribution is 2.23. The van der Waals surface area contributed by atoms with Crippen molar-refractivity contribution in [2.45, 2.75) is 19.4 Å². The molecule has 0 amide bonds. The van der Waals surface area contributed by atoms with E-state index in [0.717, 1.165) is 0 Å². The van der Waals surface area contributed by atoms with Crippen LogP contribution in [0.1, 0.15) is 23.3 Å². The van der Waals surface area contributed by atoms with E-state index in [2.05, 4.69) is 10.3 Å². The lowest BCUT2D eigenvalue weighted by molar-refractivity contribution is 0.0691. The molecule has 0 atom stereocenters. The largest absolute Gasteiger partial charge is 0.476 e. The Morgan fingerprint density at radius 2 is 1.95 bits per heavy atom. The lowest BCUT2D eigenvalue weighted by Crippen LogP contribution is -2.06. The molecule has 0 spiro atoms. The molecule has 2 aromatic rings. The van der Waals surface area contributed by atoms with Gasteiger partial charge in [0.25, 0.3) is 0 Å². The molecule has 0 fully saturated rings. The first-order chi connectivity index (χ1) is 9.63. The molecule has 0 bridgehead atoms. The average Bonchev–Trinajstić information content (AvgIpc) is 2.84. The minimum Gasteiger partial charge on any atom is -0.476 e. The van der Waals surface area contributed by atoms with Crippen LogP contribution < -0.4 is 5.73 Å². The zero-order valence-corrected chi connectivity index (χ0v) is 10.9.